The number of carbonyl (C=O) groups excluding carboxylic acids is 1. The van der Waals surface area contributed by atoms with E-state index in [0.29, 0.717) is 24.6 Å². The minimum Gasteiger partial charge on any atom is -0.493 e. The fraction of sp³-hybridized carbons (Fsp3) is 0.333. The Morgan fingerprint density at radius 1 is 1.03 bits per heavy atom. The van der Waals surface area contributed by atoms with Crippen molar-refractivity contribution in [2.45, 2.75) is 31.2 Å². The maximum atomic E-state index is 13.5. The second-order valence-corrected chi connectivity index (χ2v) is 7.98. The Bertz CT molecular complexity index is 1090. The highest BCUT2D eigenvalue weighted by Gasteiger charge is 2.55. The molecule has 0 saturated heterocycles. The minimum absolute atomic E-state index is 0.135. The van der Waals surface area contributed by atoms with Gasteiger partial charge < -0.3 is 18.9 Å². The lowest BCUT2D eigenvalue weighted by Gasteiger charge is -2.32. The summed E-state index contributed by atoms with van der Waals surface area (Å²) < 4.78 is 16.4. The van der Waals surface area contributed by atoms with Gasteiger partial charge in [-0.2, -0.15) is 0 Å². The molecule has 0 bridgehead atoms. The number of nitrogens with zero attached hydrogens (tertiary/aromatic N) is 2. The van der Waals surface area contributed by atoms with Crippen molar-refractivity contribution in [3.8, 4) is 22.8 Å². The molecule has 0 unspecified atom stereocenters. The number of hydrogen-bond acceptors (Lipinski definition) is 5. The van der Waals surface area contributed by atoms with E-state index in [-0.39, 0.29) is 5.91 Å². The number of fused-ring (bicyclic) bond motifs is 1. The predicted molar refractivity (Wildman–Crippen MR) is 112 cm³/mol. The monoisotopic (exact) mass is 404 g/mol. The topological polar surface area (TPSA) is 64.8 Å². The van der Waals surface area contributed by atoms with E-state index in [1.54, 1.807) is 14.2 Å². The zero-order valence-electron chi connectivity index (χ0n) is 17.2. The van der Waals surface area contributed by atoms with Gasteiger partial charge in [0.05, 0.1) is 25.3 Å². The molecule has 1 fully saturated rings. The molecule has 1 aliphatic heterocycles. The fourth-order valence-electron chi connectivity index (χ4n) is 4.30. The third-order valence-electron chi connectivity index (χ3n) is 6.22. The molecular formula is C24H24N2O4. The highest BCUT2D eigenvalue weighted by Crippen LogP contribution is 2.50. The van der Waals surface area contributed by atoms with E-state index in [0.717, 1.165) is 41.8 Å². The van der Waals surface area contributed by atoms with Crippen LogP contribution in [0.15, 0.2) is 53.1 Å². The second-order valence-electron chi connectivity index (χ2n) is 7.98. The van der Waals surface area contributed by atoms with E-state index in [1.165, 1.54) is 5.56 Å². The van der Waals surface area contributed by atoms with Crippen molar-refractivity contribution in [2.24, 2.45) is 0 Å². The molecule has 0 N–H and O–H groups in total. The maximum absolute atomic E-state index is 13.5. The largest absolute Gasteiger partial charge is 0.493 e. The van der Waals surface area contributed by atoms with Gasteiger partial charge in [-0.25, -0.2) is 0 Å². The maximum Gasteiger partial charge on any atom is 0.235 e. The highest BCUT2D eigenvalue weighted by atomic mass is 16.5. The lowest BCUT2D eigenvalue weighted by molar-refractivity contribution is -0.135. The first-order chi connectivity index (χ1) is 14.6. The third kappa shape index (κ3) is 3.03. The summed E-state index contributed by atoms with van der Waals surface area (Å²) in [6.45, 7) is 1.26. The van der Waals surface area contributed by atoms with Crippen LogP contribution in [0.4, 0.5) is 0 Å². The molecule has 1 aromatic heterocycles. The van der Waals surface area contributed by atoms with Crippen molar-refractivity contribution in [3.63, 3.8) is 0 Å². The molecule has 6 nitrogen and oxygen atoms in total. The lowest BCUT2D eigenvalue weighted by Crippen LogP contribution is -2.42. The van der Waals surface area contributed by atoms with Gasteiger partial charge in [0.2, 0.25) is 5.91 Å². The molecule has 1 saturated carbocycles. The quantitative estimate of drug-likeness (QED) is 0.644. The summed E-state index contributed by atoms with van der Waals surface area (Å²) >= 11 is 0. The first-order valence-electron chi connectivity index (χ1n) is 10.2. The number of carbonyl (C=O) groups is 1. The first kappa shape index (κ1) is 18.7. The van der Waals surface area contributed by atoms with Gasteiger partial charge in [-0.1, -0.05) is 35.5 Å². The van der Waals surface area contributed by atoms with Crippen LogP contribution in [0.2, 0.25) is 0 Å². The molecule has 2 aliphatic rings. The molecule has 6 heteroatoms. The SMILES string of the molecule is COc1cc2c(cc1OC)CN(C(=O)C1(c3cc(-c4ccccc4)on3)CC1)CC2. The van der Waals surface area contributed by atoms with Gasteiger partial charge in [0, 0.05) is 24.7 Å². The Morgan fingerprint density at radius 2 is 1.73 bits per heavy atom. The van der Waals surface area contributed by atoms with Crippen LogP contribution in [0, 0.1) is 0 Å². The normalized spacial score (nSPS) is 16.7. The number of ether oxygens (including phenoxy) is 2. The second kappa shape index (κ2) is 7.20. The van der Waals surface area contributed by atoms with Crippen LogP contribution in [0.1, 0.15) is 29.7 Å². The molecule has 30 heavy (non-hydrogen) atoms. The van der Waals surface area contributed by atoms with Gasteiger partial charge in [-0.3, -0.25) is 4.79 Å². The fourth-order valence-corrected chi connectivity index (χ4v) is 4.30. The lowest BCUT2D eigenvalue weighted by atomic mass is 9.94. The molecule has 5 rings (SSSR count). The first-order valence-corrected chi connectivity index (χ1v) is 10.2. The average Bonchev–Trinajstić information content (AvgIpc) is 3.46. The molecule has 0 spiro atoms. The van der Waals surface area contributed by atoms with Crippen molar-refractivity contribution in [2.75, 3.05) is 20.8 Å². The predicted octanol–water partition coefficient (Wildman–Crippen LogP) is 3.98. The van der Waals surface area contributed by atoms with E-state index in [4.69, 9.17) is 14.0 Å². The van der Waals surface area contributed by atoms with Gasteiger partial charge >= 0.3 is 0 Å². The van der Waals surface area contributed by atoms with Gasteiger partial charge in [-0.05, 0) is 42.5 Å². The van der Waals surface area contributed by atoms with Crippen LogP contribution >= 0.6 is 0 Å². The summed E-state index contributed by atoms with van der Waals surface area (Å²) in [6, 6.07) is 15.8. The Kier molecular flexibility index (Phi) is 4.50. The molecule has 154 valence electrons. The average molecular weight is 404 g/mol. The van der Waals surface area contributed by atoms with E-state index in [1.807, 2.05) is 53.4 Å². The van der Waals surface area contributed by atoms with E-state index in [9.17, 15) is 4.79 Å². The Hall–Kier alpha value is -3.28. The molecule has 2 heterocycles. The van der Waals surface area contributed by atoms with Crippen LogP contribution < -0.4 is 9.47 Å². The smallest absolute Gasteiger partial charge is 0.235 e. The molecule has 1 amide bonds. The van der Waals surface area contributed by atoms with Gasteiger partial charge in [0.1, 0.15) is 0 Å². The standard InChI is InChI=1S/C24H24N2O4/c1-28-20-12-17-8-11-26(15-18(17)13-21(20)29-2)23(27)24(9-10-24)22-14-19(30-25-22)16-6-4-3-5-7-16/h3-7,12-14H,8-11,15H2,1-2H3. The molecule has 0 radical (unpaired) electrons. The number of amides is 1. The summed E-state index contributed by atoms with van der Waals surface area (Å²) in [6.07, 6.45) is 2.41. The Balaban J connectivity index is 1.39. The molecule has 0 atom stereocenters. The number of hydrogen-bond donors (Lipinski definition) is 0. The van der Waals surface area contributed by atoms with Crippen LogP contribution in [-0.4, -0.2) is 36.7 Å². The molecule has 2 aromatic carbocycles. The number of aromatic nitrogens is 1. The molecule has 3 aromatic rings. The van der Waals surface area contributed by atoms with Crippen LogP contribution in [-0.2, 0) is 23.2 Å². The summed E-state index contributed by atoms with van der Waals surface area (Å²) in [7, 11) is 3.27. The van der Waals surface area contributed by atoms with Crippen molar-refractivity contribution in [3.05, 3.63) is 65.4 Å². The van der Waals surface area contributed by atoms with Crippen molar-refractivity contribution in [1.29, 1.82) is 0 Å². The van der Waals surface area contributed by atoms with E-state index < -0.39 is 5.41 Å². The summed E-state index contributed by atoms with van der Waals surface area (Å²) in [4.78, 5) is 15.4. The van der Waals surface area contributed by atoms with Gasteiger partial charge in [0.25, 0.3) is 0 Å². The zero-order valence-corrected chi connectivity index (χ0v) is 17.2. The third-order valence-corrected chi connectivity index (χ3v) is 6.22. The van der Waals surface area contributed by atoms with Crippen molar-refractivity contribution in [1.82, 2.24) is 10.1 Å². The molecule has 1 aliphatic carbocycles. The minimum atomic E-state index is -0.551. The van der Waals surface area contributed by atoms with Gasteiger partial charge in [0.15, 0.2) is 17.3 Å². The van der Waals surface area contributed by atoms with Crippen LogP contribution in [0.25, 0.3) is 11.3 Å². The Morgan fingerprint density at radius 3 is 2.40 bits per heavy atom. The van der Waals surface area contributed by atoms with Crippen LogP contribution in [0.3, 0.4) is 0 Å². The van der Waals surface area contributed by atoms with Crippen molar-refractivity contribution < 1.29 is 18.8 Å². The summed E-state index contributed by atoms with van der Waals surface area (Å²) in [5.41, 5.74) is 3.46. The summed E-state index contributed by atoms with van der Waals surface area (Å²) in [5, 5.41) is 4.28. The number of methoxy groups -OCH3 is 2. The van der Waals surface area contributed by atoms with E-state index in [2.05, 4.69) is 5.16 Å². The number of benzene rings is 2. The Labute approximate surface area is 175 Å². The van der Waals surface area contributed by atoms with Crippen LogP contribution in [0.5, 0.6) is 11.5 Å². The van der Waals surface area contributed by atoms with Crippen molar-refractivity contribution >= 4 is 5.91 Å². The molecular weight excluding hydrogens is 380 g/mol. The number of rotatable bonds is 5. The summed E-state index contributed by atoms with van der Waals surface area (Å²) in [5.74, 6) is 2.25. The highest BCUT2D eigenvalue weighted by molar-refractivity contribution is 5.91. The zero-order chi connectivity index (χ0) is 20.7. The van der Waals surface area contributed by atoms with E-state index >= 15 is 0 Å². The van der Waals surface area contributed by atoms with Gasteiger partial charge in [-0.15, -0.1) is 0 Å².